The first-order valence-corrected chi connectivity index (χ1v) is 8.54. The van der Waals surface area contributed by atoms with E-state index in [9.17, 15) is 0 Å². The van der Waals surface area contributed by atoms with E-state index in [4.69, 9.17) is 0 Å². The van der Waals surface area contributed by atoms with Crippen LogP contribution in [0.25, 0.3) is 0 Å². The van der Waals surface area contributed by atoms with Crippen molar-refractivity contribution in [3.8, 4) is 0 Å². The molecule has 0 radical (unpaired) electrons. The van der Waals surface area contributed by atoms with Gasteiger partial charge < -0.3 is 5.32 Å². The van der Waals surface area contributed by atoms with E-state index in [-0.39, 0.29) is 0 Å². The summed E-state index contributed by atoms with van der Waals surface area (Å²) in [5.41, 5.74) is 1.41. The zero-order valence-electron chi connectivity index (χ0n) is 12.3. The molecule has 1 aliphatic heterocycles. The Morgan fingerprint density at radius 1 is 1.37 bits per heavy atom. The summed E-state index contributed by atoms with van der Waals surface area (Å²) in [7, 11) is 0. The predicted molar refractivity (Wildman–Crippen MR) is 85.8 cm³/mol. The lowest BCUT2D eigenvalue weighted by Gasteiger charge is -2.39. The Bertz CT molecular complexity index is 368. The number of thioether (sulfide) groups is 1. The second kappa shape index (κ2) is 7.32. The monoisotopic (exact) mass is 278 g/mol. The fraction of sp³-hybridized carbons (Fsp3) is 0.625. The van der Waals surface area contributed by atoms with Gasteiger partial charge in [0.2, 0.25) is 0 Å². The van der Waals surface area contributed by atoms with Crippen molar-refractivity contribution in [1.29, 1.82) is 0 Å². The maximum atomic E-state index is 3.67. The number of nitrogens with one attached hydrogen (secondary N) is 1. The molecule has 1 heterocycles. The van der Waals surface area contributed by atoms with E-state index in [0.29, 0.717) is 12.1 Å². The van der Waals surface area contributed by atoms with Gasteiger partial charge in [0.05, 0.1) is 0 Å². The van der Waals surface area contributed by atoms with Gasteiger partial charge in [0.25, 0.3) is 0 Å². The van der Waals surface area contributed by atoms with Gasteiger partial charge in [-0.05, 0) is 31.7 Å². The minimum Gasteiger partial charge on any atom is -0.307 e. The molecule has 3 atom stereocenters. The molecule has 3 heteroatoms. The molecule has 0 aliphatic carbocycles. The quantitative estimate of drug-likeness (QED) is 0.890. The molecule has 0 amide bonds. The Hall–Kier alpha value is -0.510. The van der Waals surface area contributed by atoms with Gasteiger partial charge in [-0.15, -0.1) is 0 Å². The first-order chi connectivity index (χ1) is 9.20. The van der Waals surface area contributed by atoms with Crippen LogP contribution in [-0.4, -0.2) is 42.1 Å². The average Bonchev–Trinajstić information content (AvgIpc) is 2.47. The number of nitrogens with zero attached hydrogens (tertiary/aromatic N) is 1. The summed E-state index contributed by atoms with van der Waals surface area (Å²) in [4.78, 5) is 2.64. The van der Waals surface area contributed by atoms with Crippen LogP contribution >= 0.6 is 11.8 Å². The predicted octanol–water partition coefficient (Wildman–Crippen LogP) is 3.16. The van der Waals surface area contributed by atoms with Gasteiger partial charge in [0, 0.05) is 30.4 Å². The molecule has 1 saturated heterocycles. The third-order valence-corrected chi connectivity index (χ3v) is 5.17. The van der Waals surface area contributed by atoms with E-state index in [0.717, 1.165) is 18.3 Å². The van der Waals surface area contributed by atoms with Crippen LogP contribution in [0.5, 0.6) is 0 Å². The van der Waals surface area contributed by atoms with E-state index in [1.165, 1.54) is 18.5 Å². The zero-order chi connectivity index (χ0) is 13.7. The van der Waals surface area contributed by atoms with Crippen LogP contribution in [0, 0.1) is 0 Å². The molecule has 0 saturated carbocycles. The standard InChI is InChI=1S/C16H26N2S/c1-13-11-17-16(15-7-5-4-6-8-15)12-18(13)10-9-14(2)19-3/h4-8,13-14,16-17H,9-12H2,1-3H3. The van der Waals surface area contributed by atoms with Gasteiger partial charge in [-0.1, -0.05) is 37.3 Å². The molecule has 2 nitrogen and oxygen atoms in total. The van der Waals surface area contributed by atoms with Crippen LogP contribution in [0.3, 0.4) is 0 Å². The van der Waals surface area contributed by atoms with Crippen molar-refractivity contribution in [2.24, 2.45) is 0 Å². The average molecular weight is 278 g/mol. The van der Waals surface area contributed by atoms with Crippen LogP contribution in [0.4, 0.5) is 0 Å². The molecular weight excluding hydrogens is 252 g/mol. The summed E-state index contributed by atoms with van der Waals surface area (Å²) in [6.07, 6.45) is 3.49. The van der Waals surface area contributed by atoms with Crippen molar-refractivity contribution in [3.05, 3.63) is 35.9 Å². The number of benzene rings is 1. The van der Waals surface area contributed by atoms with Crippen LogP contribution < -0.4 is 5.32 Å². The molecule has 0 aromatic heterocycles. The van der Waals surface area contributed by atoms with Gasteiger partial charge in [0.15, 0.2) is 0 Å². The Morgan fingerprint density at radius 2 is 2.11 bits per heavy atom. The molecular formula is C16H26N2S. The Balaban J connectivity index is 1.92. The molecule has 1 aromatic rings. The van der Waals surface area contributed by atoms with Gasteiger partial charge in [-0.25, -0.2) is 0 Å². The second-order valence-electron chi connectivity index (χ2n) is 5.55. The van der Waals surface area contributed by atoms with Gasteiger partial charge in [0.1, 0.15) is 0 Å². The van der Waals surface area contributed by atoms with Crippen LogP contribution in [0.1, 0.15) is 31.9 Å². The SMILES string of the molecule is CSC(C)CCN1CC(c2ccccc2)NCC1C. The lowest BCUT2D eigenvalue weighted by molar-refractivity contribution is 0.140. The zero-order valence-corrected chi connectivity index (χ0v) is 13.1. The summed E-state index contributed by atoms with van der Waals surface area (Å²) in [6.45, 7) is 8.10. The molecule has 1 N–H and O–H groups in total. The highest BCUT2D eigenvalue weighted by Crippen LogP contribution is 2.21. The molecule has 106 valence electrons. The number of rotatable bonds is 5. The van der Waals surface area contributed by atoms with Crippen LogP contribution in [0.2, 0.25) is 0 Å². The molecule has 19 heavy (non-hydrogen) atoms. The lowest BCUT2D eigenvalue weighted by Crippen LogP contribution is -2.51. The third-order valence-electron chi connectivity index (χ3n) is 4.13. The molecule has 2 rings (SSSR count). The highest BCUT2D eigenvalue weighted by atomic mass is 32.2. The Kier molecular flexibility index (Phi) is 5.74. The third kappa shape index (κ3) is 4.23. The first kappa shape index (κ1) is 14.9. The molecule has 0 bridgehead atoms. The maximum Gasteiger partial charge on any atom is 0.0449 e. The Morgan fingerprint density at radius 3 is 2.79 bits per heavy atom. The van der Waals surface area contributed by atoms with Crippen LogP contribution in [-0.2, 0) is 0 Å². The summed E-state index contributed by atoms with van der Waals surface area (Å²) in [5, 5.41) is 4.43. The highest BCUT2D eigenvalue weighted by molar-refractivity contribution is 7.99. The molecule has 1 aliphatic rings. The topological polar surface area (TPSA) is 15.3 Å². The fourth-order valence-electron chi connectivity index (χ4n) is 2.61. The summed E-state index contributed by atoms with van der Waals surface area (Å²) in [6, 6.07) is 12.0. The van der Waals surface area contributed by atoms with E-state index < -0.39 is 0 Å². The minimum absolute atomic E-state index is 0.488. The largest absolute Gasteiger partial charge is 0.307 e. The lowest BCUT2D eigenvalue weighted by atomic mass is 10.0. The first-order valence-electron chi connectivity index (χ1n) is 7.26. The van der Waals surface area contributed by atoms with Crippen molar-refractivity contribution in [2.75, 3.05) is 25.9 Å². The van der Waals surface area contributed by atoms with Crippen molar-refractivity contribution in [2.45, 2.75) is 37.6 Å². The van der Waals surface area contributed by atoms with Gasteiger partial charge >= 0.3 is 0 Å². The molecule has 1 fully saturated rings. The number of hydrogen-bond acceptors (Lipinski definition) is 3. The van der Waals surface area contributed by atoms with Crippen molar-refractivity contribution < 1.29 is 0 Å². The summed E-state index contributed by atoms with van der Waals surface area (Å²) < 4.78 is 0. The van der Waals surface area contributed by atoms with E-state index >= 15 is 0 Å². The van der Waals surface area contributed by atoms with E-state index in [1.54, 1.807) is 0 Å². The van der Waals surface area contributed by atoms with Gasteiger partial charge in [-0.2, -0.15) is 11.8 Å². The van der Waals surface area contributed by atoms with Crippen molar-refractivity contribution in [3.63, 3.8) is 0 Å². The van der Waals surface area contributed by atoms with Crippen molar-refractivity contribution >= 4 is 11.8 Å². The highest BCUT2D eigenvalue weighted by Gasteiger charge is 2.25. The summed E-state index contributed by atoms with van der Waals surface area (Å²) in [5.74, 6) is 0. The summed E-state index contributed by atoms with van der Waals surface area (Å²) >= 11 is 1.97. The van der Waals surface area contributed by atoms with Crippen molar-refractivity contribution in [1.82, 2.24) is 10.2 Å². The molecule has 0 spiro atoms. The second-order valence-corrected chi connectivity index (χ2v) is 6.83. The Labute approximate surface area is 122 Å². The smallest absolute Gasteiger partial charge is 0.0449 e. The van der Waals surface area contributed by atoms with E-state index in [2.05, 4.69) is 60.7 Å². The molecule has 3 unspecified atom stereocenters. The number of piperazine rings is 1. The number of hydrogen-bond donors (Lipinski definition) is 1. The minimum atomic E-state index is 0.488. The van der Waals surface area contributed by atoms with Gasteiger partial charge in [-0.3, -0.25) is 4.90 Å². The maximum absolute atomic E-state index is 3.67. The fourth-order valence-corrected chi connectivity index (χ4v) is 2.95. The normalized spacial score (nSPS) is 26.3. The van der Waals surface area contributed by atoms with E-state index in [1.807, 2.05) is 11.8 Å². The molecule has 1 aromatic carbocycles. The van der Waals surface area contributed by atoms with Crippen LogP contribution in [0.15, 0.2) is 30.3 Å².